The summed E-state index contributed by atoms with van der Waals surface area (Å²) >= 11 is 0. The van der Waals surface area contributed by atoms with Gasteiger partial charge in [0.05, 0.1) is 12.7 Å². The molecule has 17 heavy (non-hydrogen) atoms. The lowest BCUT2D eigenvalue weighted by atomic mass is 9.86. The minimum Gasteiger partial charge on any atom is -0.380 e. The summed E-state index contributed by atoms with van der Waals surface area (Å²) in [6, 6.07) is 2.25. The molecule has 1 aliphatic rings. The number of hydrogen-bond acceptors (Lipinski definition) is 3. The van der Waals surface area contributed by atoms with E-state index in [1.165, 1.54) is 0 Å². The third kappa shape index (κ3) is 3.19. The topological polar surface area (TPSA) is 53.3 Å². The molecule has 0 aromatic carbocycles. The van der Waals surface area contributed by atoms with Gasteiger partial charge in [-0.15, -0.1) is 0 Å². The summed E-state index contributed by atoms with van der Waals surface area (Å²) in [7, 11) is 0. The number of likely N-dealkylation sites (N-methyl/N-ethyl adjacent to an activating group) is 1. The molecule has 0 atom stereocenters. The molecule has 0 spiro atoms. The number of carbonyl (C=O) groups excluding carboxylic acids is 1. The Bertz CT molecular complexity index is 290. The molecular formula is C13H22N2O2. The van der Waals surface area contributed by atoms with Crippen LogP contribution in [0.15, 0.2) is 0 Å². The molecule has 0 aromatic heterocycles. The fraction of sp³-hybridized carbons (Fsp3) is 0.846. The molecule has 0 radical (unpaired) electrons. The van der Waals surface area contributed by atoms with Gasteiger partial charge in [0.2, 0.25) is 5.91 Å². The Morgan fingerprint density at radius 3 is 2.53 bits per heavy atom. The molecule has 4 heteroatoms. The zero-order chi connectivity index (χ0) is 12.7. The maximum atomic E-state index is 12.4. The molecule has 0 bridgehead atoms. The number of amides is 1. The Labute approximate surface area is 104 Å². The summed E-state index contributed by atoms with van der Waals surface area (Å²) in [6.07, 6.45) is 3.41. The van der Waals surface area contributed by atoms with Crippen molar-refractivity contribution in [2.75, 3.05) is 26.3 Å². The first kappa shape index (κ1) is 14.0. The Balaban J connectivity index is 2.61. The Morgan fingerprint density at radius 1 is 1.41 bits per heavy atom. The number of rotatable bonds is 6. The molecule has 1 aliphatic carbocycles. The van der Waals surface area contributed by atoms with E-state index in [1.807, 2.05) is 13.8 Å². The summed E-state index contributed by atoms with van der Waals surface area (Å²) < 4.78 is 5.27. The summed E-state index contributed by atoms with van der Waals surface area (Å²) in [5.41, 5.74) is -0.748. The number of ether oxygens (including phenoxy) is 1. The van der Waals surface area contributed by atoms with Crippen LogP contribution in [0.5, 0.6) is 0 Å². The summed E-state index contributed by atoms with van der Waals surface area (Å²) in [5.74, 6) is -0.000275. The first-order valence-electron chi connectivity index (χ1n) is 6.48. The number of hydrogen-bond donors (Lipinski definition) is 0. The van der Waals surface area contributed by atoms with E-state index in [0.717, 1.165) is 12.8 Å². The second kappa shape index (κ2) is 6.61. The fourth-order valence-corrected chi connectivity index (χ4v) is 2.38. The van der Waals surface area contributed by atoms with Crippen LogP contribution >= 0.6 is 0 Å². The van der Waals surface area contributed by atoms with E-state index in [9.17, 15) is 10.1 Å². The lowest BCUT2D eigenvalue weighted by molar-refractivity contribution is -0.139. The predicted molar refractivity (Wildman–Crippen MR) is 65.3 cm³/mol. The first-order chi connectivity index (χ1) is 8.20. The van der Waals surface area contributed by atoms with E-state index < -0.39 is 5.41 Å². The maximum absolute atomic E-state index is 12.4. The largest absolute Gasteiger partial charge is 0.380 e. The average Bonchev–Trinajstić information content (AvgIpc) is 2.84. The molecule has 1 rings (SSSR count). The van der Waals surface area contributed by atoms with Gasteiger partial charge >= 0.3 is 0 Å². The molecule has 1 fully saturated rings. The van der Waals surface area contributed by atoms with Crippen LogP contribution in [0, 0.1) is 16.7 Å². The zero-order valence-corrected chi connectivity index (χ0v) is 10.9. The van der Waals surface area contributed by atoms with Crippen molar-refractivity contribution < 1.29 is 9.53 Å². The van der Waals surface area contributed by atoms with Crippen LogP contribution in [0.3, 0.4) is 0 Å². The Morgan fingerprint density at radius 2 is 2.06 bits per heavy atom. The quantitative estimate of drug-likeness (QED) is 0.665. The highest BCUT2D eigenvalue weighted by atomic mass is 16.5. The van der Waals surface area contributed by atoms with Crippen LogP contribution in [0.4, 0.5) is 0 Å². The number of carbonyl (C=O) groups is 1. The van der Waals surface area contributed by atoms with Gasteiger partial charge in [-0.2, -0.15) is 5.26 Å². The molecule has 0 unspecified atom stereocenters. The molecule has 0 N–H and O–H groups in total. The average molecular weight is 238 g/mol. The first-order valence-corrected chi connectivity index (χ1v) is 6.48. The molecule has 1 saturated carbocycles. The minimum absolute atomic E-state index is 0.000275. The lowest BCUT2D eigenvalue weighted by Gasteiger charge is -2.28. The number of nitrogens with zero attached hydrogens (tertiary/aromatic N) is 2. The van der Waals surface area contributed by atoms with Crippen molar-refractivity contribution in [2.45, 2.75) is 39.5 Å². The second-order valence-corrected chi connectivity index (χ2v) is 4.48. The smallest absolute Gasteiger partial charge is 0.243 e. The van der Waals surface area contributed by atoms with Crippen LogP contribution in [-0.4, -0.2) is 37.1 Å². The molecule has 4 nitrogen and oxygen atoms in total. The normalized spacial score (nSPS) is 17.7. The maximum Gasteiger partial charge on any atom is 0.243 e. The van der Waals surface area contributed by atoms with E-state index in [1.54, 1.807) is 4.90 Å². The van der Waals surface area contributed by atoms with Gasteiger partial charge < -0.3 is 9.64 Å². The van der Waals surface area contributed by atoms with E-state index in [-0.39, 0.29) is 5.91 Å². The summed E-state index contributed by atoms with van der Waals surface area (Å²) in [6.45, 7) is 6.34. The lowest BCUT2D eigenvalue weighted by Crippen LogP contribution is -2.43. The molecular weight excluding hydrogens is 216 g/mol. The molecule has 0 saturated heterocycles. The SMILES string of the molecule is CCOCCN(CC)C(=O)C1(C#N)CCCC1. The molecule has 0 heterocycles. The molecule has 96 valence electrons. The molecule has 1 amide bonds. The number of nitriles is 1. The van der Waals surface area contributed by atoms with Crippen LogP contribution < -0.4 is 0 Å². The second-order valence-electron chi connectivity index (χ2n) is 4.48. The standard InChI is InChI=1S/C13H22N2O2/c1-3-15(9-10-17-4-2)12(16)13(11-14)7-5-6-8-13/h3-10H2,1-2H3. The van der Waals surface area contributed by atoms with Crippen molar-refractivity contribution in [3.05, 3.63) is 0 Å². The van der Waals surface area contributed by atoms with Gasteiger partial charge in [-0.3, -0.25) is 4.79 Å². The van der Waals surface area contributed by atoms with Gasteiger partial charge in [0.1, 0.15) is 5.41 Å². The molecule has 0 aliphatic heterocycles. The van der Waals surface area contributed by atoms with Crippen molar-refractivity contribution in [1.29, 1.82) is 5.26 Å². The van der Waals surface area contributed by atoms with Crippen molar-refractivity contribution >= 4 is 5.91 Å². The van der Waals surface area contributed by atoms with Gasteiger partial charge in [-0.1, -0.05) is 12.8 Å². The van der Waals surface area contributed by atoms with Crippen LogP contribution in [0.1, 0.15) is 39.5 Å². The predicted octanol–water partition coefficient (Wildman–Crippen LogP) is 1.96. The zero-order valence-electron chi connectivity index (χ0n) is 10.9. The highest BCUT2D eigenvalue weighted by molar-refractivity contribution is 5.85. The van der Waals surface area contributed by atoms with Crippen molar-refractivity contribution in [3.8, 4) is 6.07 Å². The van der Waals surface area contributed by atoms with Gasteiger partial charge in [-0.05, 0) is 26.7 Å². The Kier molecular flexibility index (Phi) is 5.43. The van der Waals surface area contributed by atoms with Gasteiger partial charge in [0.25, 0.3) is 0 Å². The molecule has 0 aromatic rings. The highest BCUT2D eigenvalue weighted by Crippen LogP contribution is 2.39. The van der Waals surface area contributed by atoms with Gasteiger partial charge in [0, 0.05) is 19.7 Å². The van der Waals surface area contributed by atoms with Crippen LogP contribution in [0.25, 0.3) is 0 Å². The van der Waals surface area contributed by atoms with Crippen LogP contribution in [0.2, 0.25) is 0 Å². The summed E-state index contributed by atoms with van der Waals surface area (Å²) in [4.78, 5) is 14.1. The van der Waals surface area contributed by atoms with Gasteiger partial charge in [-0.25, -0.2) is 0 Å². The highest BCUT2D eigenvalue weighted by Gasteiger charge is 2.43. The minimum atomic E-state index is -0.748. The van der Waals surface area contributed by atoms with Crippen molar-refractivity contribution in [2.24, 2.45) is 5.41 Å². The fourth-order valence-electron chi connectivity index (χ4n) is 2.38. The van der Waals surface area contributed by atoms with E-state index in [2.05, 4.69) is 6.07 Å². The third-order valence-corrected chi connectivity index (χ3v) is 3.46. The van der Waals surface area contributed by atoms with Gasteiger partial charge in [0.15, 0.2) is 0 Å². The van der Waals surface area contributed by atoms with Crippen molar-refractivity contribution in [3.63, 3.8) is 0 Å². The van der Waals surface area contributed by atoms with E-state index in [0.29, 0.717) is 39.1 Å². The summed E-state index contributed by atoms with van der Waals surface area (Å²) in [5, 5.41) is 9.27. The monoisotopic (exact) mass is 238 g/mol. The van der Waals surface area contributed by atoms with Crippen molar-refractivity contribution in [1.82, 2.24) is 4.90 Å². The van der Waals surface area contributed by atoms with Crippen LogP contribution in [-0.2, 0) is 9.53 Å². The van der Waals surface area contributed by atoms with E-state index >= 15 is 0 Å². The third-order valence-electron chi connectivity index (χ3n) is 3.46. The van der Waals surface area contributed by atoms with E-state index in [4.69, 9.17) is 4.74 Å². The Hall–Kier alpha value is -1.08.